The number of rotatable bonds is 1. The van der Waals surface area contributed by atoms with Crippen LogP contribution >= 0.6 is 0 Å². The molecule has 4 heteroatoms. The molecule has 1 heterocycles. The van der Waals surface area contributed by atoms with Gasteiger partial charge in [0.15, 0.2) is 0 Å². The lowest BCUT2D eigenvalue weighted by Gasteiger charge is -2.01. The van der Waals surface area contributed by atoms with Crippen LogP contribution in [0.3, 0.4) is 0 Å². The molecule has 0 unspecified atom stereocenters. The summed E-state index contributed by atoms with van der Waals surface area (Å²) < 4.78 is 14.2. The number of aromatic nitrogens is 3. The van der Waals surface area contributed by atoms with Crippen molar-refractivity contribution < 1.29 is 4.39 Å². The van der Waals surface area contributed by atoms with Crippen molar-refractivity contribution in [3.8, 4) is 5.69 Å². The second-order valence-corrected chi connectivity index (χ2v) is 2.65. The van der Waals surface area contributed by atoms with Crippen LogP contribution in [0.15, 0.2) is 24.3 Å². The van der Waals surface area contributed by atoms with E-state index in [1.165, 1.54) is 12.1 Å². The summed E-state index contributed by atoms with van der Waals surface area (Å²) in [6.07, 6.45) is 2.48. The molecule has 0 fully saturated rings. The molecule has 0 amide bonds. The van der Waals surface area contributed by atoms with E-state index < -0.39 is 0 Å². The van der Waals surface area contributed by atoms with E-state index >= 15 is 0 Å². The Bertz CT molecular complexity index is 405. The Morgan fingerprint density at radius 3 is 2.54 bits per heavy atom. The quantitative estimate of drug-likeness (QED) is 0.659. The standard InChI is InChI=1S/C9H7FN3/c1-7-11-6-12-13(7)9-4-2-8(10)3-5-9/h2-5H,1H3. The van der Waals surface area contributed by atoms with Gasteiger partial charge in [0.05, 0.1) is 5.69 Å². The van der Waals surface area contributed by atoms with E-state index in [1.54, 1.807) is 16.8 Å². The second-order valence-electron chi connectivity index (χ2n) is 2.65. The van der Waals surface area contributed by atoms with Crippen molar-refractivity contribution in [1.29, 1.82) is 0 Å². The van der Waals surface area contributed by atoms with Gasteiger partial charge in [-0.2, -0.15) is 0 Å². The predicted octanol–water partition coefficient (Wildman–Crippen LogP) is 1.52. The van der Waals surface area contributed by atoms with Gasteiger partial charge in [-0.1, -0.05) is 0 Å². The normalized spacial score (nSPS) is 10.3. The molecule has 65 valence electrons. The Balaban J connectivity index is 2.47. The van der Waals surface area contributed by atoms with Crippen LogP contribution in [0.5, 0.6) is 0 Å². The molecule has 0 atom stereocenters. The van der Waals surface area contributed by atoms with Gasteiger partial charge in [0.25, 0.3) is 0 Å². The number of hydrogen-bond donors (Lipinski definition) is 0. The van der Waals surface area contributed by atoms with Crippen molar-refractivity contribution in [3.05, 3.63) is 42.2 Å². The fourth-order valence-electron chi connectivity index (χ4n) is 1.09. The number of aryl methyl sites for hydroxylation is 1. The number of halogens is 1. The van der Waals surface area contributed by atoms with Gasteiger partial charge in [-0.05, 0) is 31.2 Å². The van der Waals surface area contributed by atoms with Crippen LogP contribution in [0.2, 0.25) is 0 Å². The molecule has 3 nitrogen and oxygen atoms in total. The molecule has 2 rings (SSSR count). The molecule has 13 heavy (non-hydrogen) atoms. The van der Waals surface area contributed by atoms with Gasteiger partial charge in [0.1, 0.15) is 11.6 Å². The molecule has 0 saturated heterocycles. The van der Waals surface area contributed by atoms with Gasteiger partial charge in [-0.15, -0.1) is 5.10 Å². The van der Waals surface area contributed by atoms with Gasteiger partial charge >= 0.3 is 0 Å². The summed E-state index contributed by atoms with van der Waals surface area (Å²) in [5.74, 6) is 0.470. The lowest BCUT2D eigenvalue weighted by atomic mass is 10.3. The minimum absolute atomic E-state index is 0.259. The maximum absolute atomic E-state index is 12.6. The molecule has 0 bridgehead atoms. The molecule has 2 aromatic rings. The van der Waals surface area contributed by atoms with Gasteiger partial charge in [0, 0.05) is 0 Å². The summed E-state index contributed by atoms with van der Waals surface area (Å²) in [5.41, 5.74) is 0.785. The van der Waals surface area contributed by atoms with E-state index in [2.05, 4.69) is 16.4 Å². The highest BCUT2D eigenvalue weighted by Crippen LogP contribution is 2.08. The predicted molar refractivity (Wildman–Crippen MR) is 44.9 cm³/mol. The van der Waals surface area contributed by atoms with Crippen molar-refractivity contribution in [2.45, 2.75) is 6.92 Å². The maximum atomic E-state index is 12.6. The number of benzene rings is 1. The van der Waals surface area contributed by atoms with Crippen molar-refractivity contribution in [2.24, 2.45) is 0 Å². The third-order valence-electron chi connectivity index (χ3n) is 1.73. The molecule has 0 saturated carbocycles. The third kappa shape index (κ3) is 1.42. The highest BCUT2D eigenvalue weighted by molar-refractivity contribution is 5.31. The minimum atomic E-state index is -0.259. The zero-order chi connectivity index (χ0) is 9.26. The SMILES string of the molecule is Cc1n[c]nn1-c1ccc(F)cc1. The van der Waals surface area contributed by atoms with Crippen LogP contribution in [-0.4, -0.2) is 14.8 Å². The van der Waals surface area contributed by atoms with Crippen LogP contribution in [0.25, 0.3) is 5.69 Å². The van der Waals surface area contributed by atoms with Crippen molar-refractivity contribution in [2.75, 3.05) is 0 Å². The Kier molecular flexibility index (Phi) is 1.81. The van der Waals surface area contributed by atoms with Crippen LogP contribution in [0.1, 0.15) is 5.82 Å². The molecule has 1 aromatic heterocycles. The average molecular weight is 176 g/mol. The van der Waals surface area contributed by atoms with Crippen LogP contribution in [-0.2, 0) is 0 Å². The molecule has 1 radical (unpaired) electrons. The Morgan fingerprint density at radius 1 is 1.31 bits per heavy atom. The van der Waals surface area contributed by atoms with Crippen molar-refractivity contribution in [1.82, 2.24) is 14.8 Å². The molecule has 0 spiro atoms. The summed E-state index contributed by atoms with van der Waals surface area (Å²) >= 11 is 0. The fraction of sp³-hybridized carbons (Fsp3) is 0.111. The first-order chi connectivity index (χ1) is 6.27. The lowest BCUT2D eigenvalue weighted by Crippen LogP contribution is -1.98. The van der Waals surface area contributed by atoms with E-state index in [0.29, 0.717) is 0 Å². The molecular formula is C9H7FN3. The molecule has 0 N–H and O–H groups in total. The van der Waals surface area contributed by atoms with E-state index in [0.717, 1.165) is 11.5 Å². The summed E-state index contributed by atoms with van der Waals surface area (Å²) in [6, 6.07) is 6.06. The van der Waals surface area contributed by atoms with Gasteiger partial charge in [0.2, 0.25) is 6.33 Å². The summed E-state index contributed by atoms with van der Waals surface area (Å²) in [4.78, 5) is 3.85. The first-order valence-corrected chi connectivity index (χ1v) is 3.83. The summed E-state index contributed by atoms with van der Waals surface area (Å²) in [5, 5.41) is 3.87. The molecular weight excluding hydrogens is 169 g/mol. The largest absolute Gasteiger partial charge is 0.221 e. The van der Waals surface area contributed by atoms with Crippen LogP contribution in [0, 0.1) is 19.1 Å². The maximum Gasteiger partial charge on any atom is 0.221 e. The smallest absolute Gasteiger partial charge is 0.217 e. The molecule has 0 aliphatic rings. The molecule has 0 aliphatic heterocycles. The third-order valence-corrected chi connectivity index (χ3v) is 1.73. The number of nitrogens with zero attached hydrogens (tertiary/aromatic N) is 3. The van der Waals surface area contributed by atoms with Crippen molar-refractivity contribution in [3.63, 3.8) is 0 Å². The number of hydrogen-bond acceptors (Lipinski definition) is 2. The first kappa shape index (κ1) is 7.91. The average Bonchev–Trinajstić information content (AvgIpc) is 2.53. The Hall–Kier alpha value is -1.71. The van der Waals surface area contributed by atoms with Gasteiger partial charge in [-0.25, -0.2) is 14.1 Å². The molecule has 1 aromatic carbocycles. The van der Waals surface area contributed by atoms with Gasteiger partial charge < -0.3 is 0 Å². The summed E-state index contributed by atoms with van der Waals surface area (Å²) in [7, 11) is 0. The van der Waals surface area contributed by atoms with E-state index in [9.17, 15) is 4.39 Å². The zero-order valence-electron chi connectivity index (χ0n) is 7.03. The summed E-state index contributed by atoms with van der Waals surface area (Å²) in [6.45, 7) is 1.81. The van der Waals surface area contributed by atoms with Crippen LogP contribution < -0.4 is 0 Å². The zero-order valence-corrected chi connectivity index (χ0v) is 7.03. The van der Waals surface area contributed by atoms with E-state index in [1.807, 2.05) is 6.92 Å². The highest BCUT2D eigenvalue weighted by atomic mass is 19.1. The van der Waals surface area contributed by atoms with Crippen molar-refractivity contribution >= 4 is 0 Å². The monoisotopic (exact) mass is 176 g/mol. The second kappa shape index (κ2) is 2.97. The topological polar surface area (TPSA) is 30.7 Å². The minimum Gasteiger partial charge on any atom is -0.217 e. The van der Waals surface area contributed by atoms with E-state index in [4.69, 9.17) is 0 Å². The fourth-order valence-corrected chi connectivity index (χ4v) is 1.09. The lowest BCUT2D eigenvalue weighted by molar-refractivity contribution is 0.627. The first-order valence-electron chi connectivity index (χ1n) is 3.83. The van der Waals surface area contributed by atoms with Gasteiger partial charge in [-0.3, -0.25) is 0 Å². The van der Waals surface area contributed by atoms with E-state index in [-0.39, 0.29) is 5.82 Å². The molecule has 0 aliphatic carbocycles. The Labute approximate surface area is 74.8 Å². The Morgan fingerprint density at radius 2 is 2.00 bits per heavy atom. The van der Waals surface area contributed by atoms with Crippen LogP contribution in [0.4, 0.5) is 4.39 Å². The highest BCUT2D eigenvalue weighted by Gasteiger charge is 2.01.